The summed E-state index contributed by atoms with van der Waals surface area (Å²) in [6, 6.07) is 0. The van der Waals surface area contributed by atoms with Gasteiger partial charge in [-0.05, 0) is 38.0 Å². The summed E-state index contributed by atoms with van der Waals surface area (Å²) in [5.74, 6) is 0.213. The monoisotopic (exact) mass is 278 g/mol. The van der Waals surface area contributed by atoms with E-state index in [2.05, 4.69) is 30.8 Å². The van der Waals surface area contributed by atoms with Crippen LogP contribution in [0, 0.1) is 23.2 Å². The molecule has 0 aromatic rings. The van der Waals surface area contributed by atoms with Gasteiger partial charge in [0.25, 0.3) is 0 Å². The van der Waals surface area contributed by atoms with Crippen molar-refractivity contribution in [2.24, 2.45) is 23.2 Å². The molecule has 4 heteroatoms. The Morgan fingerprint density at radius 2 is 1.60 bits per heavy atom. The van der Waals surface area contributed by atoms with Crippen LogP contribution in [0.3, 0.4) is 0 Å². The topological polar surface area (TPSA) is 58.2 Å². The molecule has 0 aromatic carbocycles. The average molecular weight is 278 g/mol. The van der Waals surface area contributed by atoms with Crippen molar-refractivity contribution in [3.63, 3.8) is 0 Å². The van der Waals surface area contributed by atoms with Gasteiger partial charge in [-0.1, -0.05) is 38.3 Å². The quantitative estimate of drug-likeness (QED) is 0.616. The highest BCUT2D eigenvalue weighted by Crippen LogP contribution is 2.59. The number of hydrogen-bond donors (Lipinski definition) is 2. The molecule has 2 rings (SSSR count). The first-order chi connectivity index (χ1) is 9.34. The number of hydrogen-bond acceptors (Lipinski definition) is 2. The molecule has 0 saturated heterocycles. The highest BCUT2D eigenvalue weighted by molar-refractivity contribution is 5.87. The molecule has 2 aliphatic rings. The smallest absolute Gasteiger partial charge is 0.242 e. The second kappa shape index (κ2) is 5.58. The van der Waals surface area contributed by atoms with Gasteiger partial charge in [0.15, 0.2) is 0 Å². The molecule has 0 spiro atoms. The second-order valence-electron chi connectivity index (χ2n) is 7.03. The summed E-state index contributed by atoms with van der Waals surface area (Å²) in [6.07, 6.45) is 6.27. The average Bonchev–Trinajstić information content (AvgIpc) is 2.79. The van der Waals surface area contributed by atoms with Crippen molar-refractivity contribution in [2.45, 2.75) is 53.4 Å². The summed E-state index contributed by atoms with van der Waals surface area (Å²) >= 11 is 0. The Balaban J connectivity index is 1.83. The van der Waals surface area contributed by atoms with Gasteiger partial charge in [-0.15, -0.1) is 0 Å². The third-order valence-electron chi connectivity index (χ3n) is 4.74. The van der Waals surface area contributed by atoms with Gasteiger partial charge in [0, 0.05) is 5.92 Å². The summed E-state index contributed by atoms with van der Waals surface area (Å²) < 4.78 is 0. The van der Waals surface area contributed by atoms with Crippen LogP contribution in [0.4, 0.5) is 0 Å². The SMILES string of the molecule is CC(C)=CC1C(C(=O)NNC(=O)C2CCCC2)C1(C)C. The lowest BCUT2D eigenvalue weighted by Gasteiger charge is -2.11. The minimum atomic E-state index is -0.0659. The van der Waals surface area contributed by atoms with Gasteiger partial charge < -0.3 is 0 Å². The van der Waals surface area contributed by atoms with E-state index in [4.69, 9.17) is 0 Å². The van der Waals surface area contributed by atoms with Crippen LogP contribution in [0.1, 0.15) is 53.4 Å². The molecule has 2 N–H and O–H groups in total. The fourth-order valence-corrected chi connectivity index (χ4v) is 3.34. The van der Waals surface area contributed by atoms with Crippen LogP contribution in [0.5, 0.6) is 0 Å². The van der Waals surface area contributed by atoms with Crippen molar-refractivity contribution in [1.29, 1.82) is 0 Å². The van der Waals surface area contributed by atoms with E-state index in [-0.39, 0.29) is 35.0 Å². The Morgan fingerprint density at radius 3 is 2.15 bits per heavy atom. The van der Waals surface area contributed by atoms with E-state index in [1.165, 1.54) is 5.57 Å². The van der Waals surface area contributed by atoms with E-state index in [9.17, 15) is 9.59 Å². The number of allylic oxidation sites excluding steroid dienone is 2. The lowest BCUT2D eigenvalue weighted by Crippen LogP contribution is -2.45. The molecule has 2 unspecified atom stereocenters. The van der Waals surface area contributed by atoms with Crippen LogP contribution >= 0.6 is 0 Å². The maximum atomic E-state index is 12.2. The molecule has 2 aliphatic carbocycles. The Hall–Kier alpha value is -1.32. The third-order valence-corrected chi connectivity index (χ3v) is 4.74. The molecule has 2 saturated carbocycles. The normalized spacial score (nSPS) is 27.8. The fourth-order valence-electron chi connectivity index (χ4n) is 3.34. The molecule has 0 heterocycles. The highest BCUT2D eigenvalue weighted by Gasteiger charge is 2.60. The molecule has 2 fully saturated rings. The number of carbonyl (C=O) groups is 2. The molecule has 0 aliphatic heterocycles. The lowest BCUT2D eigenvalue weighted by molar-refractivity contribution is -0.132. The number of amides is 2. The fraction of sp³-hybridized carbons (Fsp3) is 0.750. The molecular weight excluding hydrogens is 252 g/mol. The first-order valence-corrected chi connectivity index (χ1v) is 7.58. The van der Waals surface area contributed by atoms with Crippen LogP contribution < -0.4 is 10.9 Å². The van der Waals surface area contributed by atoms with Gasteiger partial charge in [-0.2, -0.15) is 0 Å². The van der Waals surface area contributed by atoms with Crippen LogP contribution in [0.25, 0.3) is 0 Å². The molecule has 20 heavy (non-hydrogen) atoms. The maximum Gasteiger partial charge on any atom is 0.242 e. The van der Waals surface area contributed by atoms with E-state index in [0.29, 0.717) is 0 Å². The zero-order valence-electron chi connectivity index (χ0n) is 13.0. The maximum absolute atomic E-state index is 12.2. The summed E-state index contributed by atoms with van der Waals surface area (Å²) in [6.45, 7) is 8.29. The Kier molecular flexibility index (Phi) is 4.21. The zero-order chi connectivity index (χ0) is 14.9. The van der Waals surface area contributed by atoms with E-state index in [1.54, 1.807) is 0 Å². The largest absolute Gasteiger partial charge is 0.273 e. The third kappa shape index (κ3) is 3.05. The van der Waals surface area contributed by atoms with Gasteiger partial charge in [0.05, 0.1) is 5.92 Å². The van der Waals surface area contributed by atoms with E-state index in [1.807, 2.05) is 13.8 Å². The number of nitrogens with one attached hydrogen (secondary N) is 2. The van der Waals surface area contributed by atoms with Crippen LogP contribution in [-0.2, 0) is 9.59 Å². The molecule has 0 radical (unpaired) electrons. The summed E-state index contributed by atoms with van der Waals surface area (Å²) in [7, 11) is 0. The molecule has 2 amide bonds. The molecule has 4 nitrogen and oxygen atoms in total. The zero-order valence-corrected chi connectivity index (χ0v) is 13.0. The Morgan fingerprint density at radius 1 is 1.05 bits per heavy atom. The first-order valence-electron chi connectivity index (χ1n) is 7.58. The van der Waals surface area contributed by atoms with Crippen LogP contribution in [0.2, 0.25) is 0 Å². The van der Waals surface area contributed by atoms with Crippen molar-refractivity contribution in [1.82, 2.24) is 10.9 Å². The number of carbonyl (C=O) groups excluding carboxylic acids is 2. The van der Waals surface area contributed by atoms with E-state index in [0.717, 1.165) is 25.7 Å². The Bertz CT molecular complexity index is 430. The minimum Gasteiger partial charge on any atom is -0.273 e. The minimum absolute atomic E-state index is 0.0144. The van der Waals surface area contributed by atoms with Gasteiger partial charge in [-0.3, -0.25) is 20.4 Å². The number of hydrazine groups is 1. The lowest BCUT2D eigenvalue weighted by atomic mass is 10.1. The van der Waals surface area contributed by atoms with Crippen molar-refractivity contribution in [3.8, 4) is 0 Å². The van der Waals surface area contributed by atoms with Crippen molar-refractivity contribution in [3.05, 3.63) is 11.6 Å². The van der Waals surface area contributed by atoms with Crippen LogP contribution in [-0.4, -0.2) is 11.8 Å². The summed E-state index contributed by atoms with van der Waals surface area (Å²) in [5, 5.41) is 0. The predicted molar refractivity (Wildman–Crippen MR) is 78.4 cm³/mol. The van der Waals surface area contributed by atoms with E-state index < -0.39 is 0 Å². The predicted octanol–water partition coefficient (Wildman–Crippen LogP) is 2.56. The van der Waals surface area contributed by atoms with Crippen molar-refractivity contribution >= 4 is 11.8 Å². The molecular formula is C16H26N2O2. The second-order valence-corrected chi connectivity index (χ2v) is 7.03. The highest BCUT2D eigenvalue weighted by atomic mass is 16.2. The van der Waals surface area contributed by atoms with Crippen LogP contribution in [0.15, 0.2) is 11.6 Å². The molecule has 0 aromatic heterocycles. The molecule has 0 bridgehead atoms. The van der Waals surface area contributed by atoms with Crippen molar-refractivity contribution < 1.29 is 9.59 Å². The van der Waals surface area contributed by atoms with Gasteiger partial charge in [-0.25, -0.2) is 0 Å². The van der Waals surface area contributed by atoms with E-state index >= 15 is 0 Å². The summed E-state index contributed by atoms with van der Waals surface area (Å²) in [4.78, 5) is 24.1. The van der Waals surface area contributed by atoms with Crippen molar-refractivity contribution in [2.75, 3.05) is 0 Å². The van der Waals surface area contributed by atoms with Gasteiger partial charge in [0.1, 0.15) is 0 Å². The molecule has 112 valence electrons. The summed E-state index contributed by atoms with van der Waals surface area (Å²) in [5.41, 5.74) is 6.43. The number of rotatable bonds is 3. The first kappa shape index (κ1) is 15.1. The standard InChI is InChI=1S/C16H26N2O2/c1-10(2)9-12-13(16(12,3)4)15(20)18-17-14(19)11-7-5-6-8-11/h9,11-13H,5-8H2,1-4H3,(H,17,19)(H,18,20). The molecule has 2 atom stereocenters. The Labute approximate surface area is 121 Å². The van der Waals surface area contributed by atoms with Gasteiger partial charge >= 0.3 is 0 Å². The van der Waals surface area contributed by atoms with Gasteiger partial charge in [0.2, 0.25) is 11.8 Å².